The van der Waals surface area contributed by atoms with Gasteiger partial charge in [-0.3, -0.25) is 14.2 Å². The van der Waals surface area contributed by atoms with Gasteiger partial charge in [0.2, 0.25) is 0 Å². The molecule has 0 fully saturated rings. The minimum Gasteiger partial charge on any atom is -0.481 e. The second-order valence-electron chi connectivity index (χ2n) is 5.06. The molecule has 2 heterocycles. The van der Waals surface area contributed by atoms with Crippen LogP contribution in [0.5, 0.6) is 0 Å². The van der Waals surface area contributed by atoms with E-state index >= 15 is 0 Å². The van der Waals surface area contributed by atoms with Gasteiger partial charge >= 0.3 is 5.97 Å². The molecular weight excluding hydrogens is 320 g/mol. The van der Waals surface area contributed by atoms with Gasteiger partial charge in [-0.15, -0.1) is 0 Å². The van der Waals surface area contributed by atoms with Crippen LogP contribution in [-0.4, -0.2) is 20.6 Å². The number of fused-ring (bicyclic) bond motifs is 1. The largest absolute Gasteiger partial charge is 0.481 e. The van der Waals surface area contributed by atoms with E-state index in [4.69, 9.17) is 21.1 Å². The van der Waals surface area contributed by atoms with Gasteiger partial charge in [-0.25, -0.2) is 4.98 Å². The number of aliphatic carboxylic acids is 1. The molecule has 7 heteroatoms. The Hall–Kier alpha value is -2.60. The highest BCUT2D eigenvalue weighted by Gasteiger charge is 2.14. The van der Waals surface area contributed by atoms with E-state index in [9.17, 15) is 9.59 Å². The summed E-state index contributed by atoms with van der Waals surface area (Å²) in [6.45, 7) is 0.243. The van der Waals surface area contributed by atoms with Crippen molar-refractivity contribution in [2.75, 3.05) is 0 Å². The van der Waals surface area contributed by atoms with Gasteiger partial charge in [-0.2, -0.15) is 0 Å². The van der Waals surface area contributed by atoms with Crippen molar-refractivity contribution in [2.45, 2.75) is 19.4 Å². The van der Waals surface area contributed by atoms with Crippen LogP contribution in [0.4, 0.5) is 0 Å². The fraction of sp³-hybridized carbons (Fsp3) is 0.188. The van der Waals surface area contributed by atoms with Gasteiger partial charge in [-0.05, 0) is 30.3 Å². The standard InChI is InChI=1S/C16H13ClN2O4/c17-10-3-5-14-13(8-10)18-12(4-6-15(20)21)16(22)19(14)9-11-2-1-7-23-11/h1-3,5,7-8H,4,6,9H2,(H,20,21). The Kier molecular flexibility index (Phi) is 4.16. The first-order chi connectivity index (χ1) is 11.0. The van der Waals surface area contributed by atoms with E-state index in [-0.39, 0.29) is 30.6 Å². The third-order valence-corrected chi connectivity index (χ3v) is 3.68. The molecule has 6 nitrogen and oxygen atoms in total. The summed E-state index contributed by atoms with van der Waals surface area (Å²) in [4.78, 5) is 27.7. The predicted octanol–water partition coefficient (Wildman–Crippen LogP) is 2.71. The molecule has 1 N–H and O–H groups in total. The molecule has 0 spiro atoms. The first-order valence-corrected chi connectivity index (χ1v) is 7.35. The number of aryl methyl sites for hydroxylation is 1. The van der Waals surface area contributed by atoms with E-state index < -0.39 is 5.97 Å². The molecule has 23 heavy (non-hydrogen) atoms. The maximum Gasteiger partial charge on any atom is 0.303 e. The van der Waals surface area contributed by atoms with Crippen LogP contribution in [0, 0.1) is 0 Å². The molecule has 3 rings (SSSR count). The van der Waals surface area contributed by atoms with Crippen molar-refractivity contribution in [1.82, 2.24) is 9.55 Å². The number of rotatable bonds is 5. The number of carboxylic acid groups (broad SMARTS) is 1. The quantitative estimate of drug-likeness (QED) is 0.776. The highest BCUT2D eigenvalue weighted by Crippen LogP contribution is 2.18. The van der Waals surface area contributed by atoms with Gasteiger partial charge in [0.05, 0.1) is 30.3 Å². The van der Waals surface area contributed by atoms with Gasteiger partial charge in [-0.1, -0.05) is 11.6 Å². The van der Waals surface area contributed by atoms with E-state index in [1.807, 2.05) is 0 Å². The molecule has 0 radical (unpaired) electrons. The Morgan fingerprint density at radius 2 is 2.17 bits per heavy atom. The summed E-state index contributed by atoms with van der Waals surface area (Å²) in [7, 11) is 0. The first kappa shape index (κ1) is 15.3. The maximum atomic E-state index is 12.6. The zero-order valence-electron chi connectivity index (χ0n) is 12.0. The molecule has 0 aliphatic heterocycles. The molecule has 0 saturated carbocycles. The molecule has 2 aromatic heterocycles. The number of halogens is 1. The van der Waals surface area contributed by atoms with Crippen LogP contribution in [-0.2, 0) is 17.8 Å². The van der Waals surface area contributed by atoms with Crippen LogP contribution >= 0.6 is 11.6 Å². The Morgan fingerprint density at radius 3 is 2.87 bits per heavy atom. The monoisotopic (exact) mass is 332 g/mol. The van der Waals surface area contributed by atoms with Crippen molar-refractivity contribution < 1.29 is 14.3 Å². The minimum atomic E-state index is -0.977. The Bertz CT molecular complexity index is 916. The fourth-order valence-corrected chi connectivity index (χ4v) is 2.54. The molecule has 0 amide bonds. The number of hydrogen-bond acceptors (Lipinski definition) is 4. The number of carboxylic acids is 1. The number of aromatic nitrogens is 2. The average Bonchev–Trinajstić information content (AvgIpc) is 3.01. The van der Waals surface area contributed by atoms with E-state index in [0.29, 0.717) is 21.8 Å². The van der Waals surface area contributed by atoms with Gasteiger partial charge in [0, 0.05) is 11.4 Å². The number of carbonyl (C=O) groups is 1. The smallest absolute Gasteiger partial charge is 0.303 e. The third kappa shape index (κ3) is 3.27. The molecular formula is C16H13ClN2O4. The van der Waals surface area contributed by atoms with Crippen molar-refractivity contribution in [1.29, 1.82) is 0 Å². The number of nitrogens with zero attached hydrogens (tertiary/aromatic N) is 2. The summed E-state index contributed by atoms with van der Waals surface area (Å²) in [5.41, 5.74) is 1.05. The van der Waals surface area contributed by atoms with Crippen molar-refractivity contribution in [3.05, 3.63) is 63.4 Å². The second kappa shape index (κ2) is 6.26. The molecule has 0 aliphatic carbocycles. The summed E-state index contributed by atoms with van der Waals surface area (Å²) < 4.78 is 6.83. The number of benzene rings is 1. The van der Waals surface area contributed by atoms with Crippen LogP contribution in [0.15, 0.2) is 45.8 Å². The van der Waals surface area contributed by atoms with E-state index in [1.165, 1.54) is 10.8 Å². The first-order valence-electron chi connectivity index (χ1n) is 6.98. The lowest BCUT2D eigenvalue weighted by Crippen LogP contribution is -2.26. The third-order valence-electron chi connectivity index (χ3n) is 3.45. The SMILES string of the molecule is O=C(O)CCc1nc2cc(Cl)ccc2n(Cc2ccco2)c1=O. The highest BCUT2D eigenvalue weighted by molar-refractivity contribution is 6.31. The summed E-state index contributed by atoms with van der Waals surface area (Å²) in [6, 6.07) is 8.56. The molecule has 1 aromatic carbocycles. The van der Waals surface area contributed by atoms with Crippen LogP contribution in [0.2, 0.25) is 5.02 Å². The van der Waals surface area contributed by atoms with Crippen LogP contribution < -0.4 is 5.56 Å². The zero-order chi connectivity index (χ0) is 16.4. The molecule has 0 saturated heterocycles. The van der Waals surface area contributed by atoms with E-state index in [1.54, 1.807) is 30.3 Å². The number of furan rings is 1. The second-order valence-corrected chi connectivity index (χ2v) is 5.49. The van der Waals surface area contributed by atoms with Crippen LogP contribution in [0.3, 0.4) is 0 Å². The highest BCUT2D eigenvalue weighted by atomic mass is 35.5. The summed E-state index contributed by atoms with van der Waals surface area (Å²) in [6.07, 6.45) is 1.44. The Balaban J connectivity index is 2.15. The Labute approximate surface area is 135 Å². The summed E-state index contributed by atoms with van der Waals surface area (Å²) in [5, 5.41) is 9.32. The van der Waals surface area contributed by atoms with Gasteiger partial charge in [0.25, 0.3) is 5.56 Å². The lowest BCUT2D eigenvalue weighted by molar-refractivity contribution is -0.136. The fourth-order valence-electron chi connectivity index (χ4n) is 2.38. The molecule has 0 atom stereocenters. The molecule has 118 valence electrons. The van der Waals surface area contributed by atoms with Crippen LogP contribution in [0.1, 0.15) is 17.9 Å². The van der Waals surface area contributed by atoms with E-state index in [2.05, 4.69) is 4.98 Å². The minimum absolute atomic E-state index is 0.0643. The molecule has 0 bridgehead atoms. The average molecular weight is 333 g/mol. The van der Waals surface area contributed by atoms with E-state index in [0.717, 1.165) is 0 Å². The predicted molar refractivity (Wildman–Crippen MR) is 84.8 cm³/mol. The number of hydrogen-bond donors (Lipinski definition) is 1. The lowest BCUT2D eigenvalue weighted by Gasteiger charge is -2.11. The summed E-state index contributed by atoms with van der Waals surface area (Å²) >= 11 is 5.99. The van der Waals surface area contributed by atoms with Crippen molar-refractivity contribution in [3.8, 4) is 0 Å². The molecule has 3 aromatic rings. The lowest BCUT2D eigenvalue weighted by atomic mass is 10.2. The van der Waals surface area contributed by atoms with Crippen molar-refractivity contribution in [2.24, 2.45) is 0 Å². The summed E-state index contributed by atoms with van der Waals surface area (Å²) in [5.74, 6) is -0.353. The van der Waals surface area contributed by atoms with Crippen molar-refractivity contribution in [3.63, 3.8) is 0 Å². The normalized spacial score (nSPS) is 11.0. The molecule has 0 aliphatic rings. The molecule has 0 unspecified atom stereocenters. The van der Waals surface area contributed by atoms with Crippen molar-refractivity contribution >= 4 is 28.6 Å². The Morgan fingerprint density at radius 1 is 1.35 bits per heavy atom. The van der Waals surface area contributed by atoms with Gasteiger partial charge < -0.3 is 9.52 Å². The van der Waals surface area contributed by atoms with Gasteiger partial charge in [0.15, 0.2) is 0 Å². The van der Waals surface area contributed by atoms with Crippen LogP contribution in [0.25, 0.3) is 11.0 Å². The maximum absolute atomic E-state index is 12.6. The van der Waals surface area contributed by atoms with Gasteiger partial charge in [0.1, 0.15) is 11.5 Å². The zero-order valence-corrected chi connectivity index (χ0v) is 12.8. The topological polar surface area (TPSA) is 85.3 Å².